The number of hydrogen-bond donors (Lipinski definition) is 0. The van der Waals surface area contributed by atoms with Crippen LogP contribution in [0.2, 0.25) is 0 Å². The molecule has 172 valence electrons. The second kappa shape index (κ2) is 9.55. The summed E-state index contributed by atoms with van der Waals surface area (Å²) in [5.74, 6) is 0.349. The third-order valence-corrected chi connectivity index (χ3v) is 10.6. The van der Waals surface area contributed by atoms with Gasteiger partial charge in [0.15, 0.2) is 0 Å². The largest absolute Gasteiger partial charge is 0.335 e. The summed E-state index contributed by atoms with van der Waals surface area (Å²) in [6.07, 6.45) is 2.33. The van der Waals surface area contributed by atoms with Crippen LogP contribution < -0.4 is 10.5 Å². The van der Waals surface area contributed by atoms with E-state index in [0.29, 0.717) is 13.0 Å². The Hall–Kier alpha value is -2.24. The molecule has 1 unspecified atom stereocenters. The first-order valence-electron chi connectivity index (χ1n) is 10.9. The van der Waals surface area contributed by atoms with Crippen LogP contribution in [0, 0.1) is 0 Å². The zero-order chi connectivity index (χ0) is 22.9. The number of carbonyl (C=O) groups is 2. The molecule has 1 aromatic heterocycles. The number of nitrogens with zero attached hydrogens (tertiary/aromatic N) is 4. The van der Waals surface area contributed by atoms with E-state index in [1.165, 1.54) is 0 Å². The van der Waals surface area contributed by atoms with Crippen molar-refractivity contribution in [1.82, 2.24) is 14.4 Å². The van der Waals surface area contributed by atoms with Crippen molar-refractivity contribution in [2.24, 2.45) is 7.05 Å². The second-order valence-electron chi connectivity index (χ2n) is 8.37. The lowest BCUT2D eigenvalue weighted by molar-refractivity contribution is -0.125. The van der Waals surface area contributed by atoms with Gasteiger partial charge in [0.2, 0.25) is 11.5 Å². The van der Waals surface area contributed by atoms with Crippen LogP contribution in [0.4, 0.5) is 5.69 Å². The molecule has 2 aromatic rings. The number of hydrogen-bond acceptors (Lipinski definition) is 5. The van der Waals surface area contributed by atoms with E-state index >= 15 is 0 Å². The van der Waals surface area contributed by atoms with Gasteiger partial charge in [0.1, 0.15) is 2.84 Å². The molecule has 3 aliphatic heterocycles. The molecule has 7 nitrogen and oxygen atoms in total. The number of anilines is 1. The Bertz CT molecular complexity index is 1200. The first-order valence-corrected chi connectivity index (χ1v) is 14.1. The fourth-order valence-electron chi connectivity index (χ4n) is 4.49. The highest BCUT2D eigenvalue weighted by Crippen LogP contribution is 2.29. The fraction of sp³-hybridized carbons (Fsp3) is 0.333. The summed E-state index contributed by atoms with van der Waals surface area (Å²) in [6.45, 7) is 3.76. The maximum absolute atomic E-state index is 12.8. The predicted molar refractivity (Wildman–Crippen MR) is 142 cm³/mol. The number of aryl methyl sites for hydroxylation is 1. The number of thioether (sulfide) groups is 1. The number of halogens is 1. The van der Waals surface area contributed by atoms with Crippen molar-refractivity contribution < 1.29 is 9.59 Å². The average molecular weight is 576 g/mol. The van der Waals surface area contributed by atoms with E-state index < -0.39 is 0 Å². The average Bonchev–Trinajstić information content (AvgIpc) is 3.51. The van der Waals surface area contributed by atoms with Crippen molar-refractivity contribution in [2.75, 3.05) is 37.6 Å². The number of carbonyl (C=O) groups excluding carboxylic acids is 2. The Morgan fingerprint density at radius 2 is 1.73 bits per heavy atom. The van der Waals surface area contributed by atoms with Gasteiger partial charge in [-0.2, -0.15) is 0 Å². The van der Waals surface area contributed by atoms with Crippen LogP contribution in [0.15, 0.2) is 56.9 Å². The van der Waals surface area contributed by atoms with Crippen molar-refractivity contribution in [3.63, 3.8) is 0 Å². The highest BCUT2D eigenvalue weighted by molar-refractivity contribution is 14.2. The smallest absolute Gasteiger partial charge is 0.266 e. The number of rotatable bonds is 4. The van der Waals surface area contributed by atoms with Crippen LogP contribution >= 0.6 is 32.5 Å². The highest BCUT2D eigenvalue weighted by atomic mass is 127. The molecule has 33 heavy (non-hydrogen) atoms. The van der Waals surface area contributed by atoms with Crippen LogP contribution in [0.3, 0.4) is 0 Å². The van der Waals surface area contributed by atoms with Gasteiger partial charge in [-0.25, -0.2) is 0 Å². The van der Waals surface area contributed by atoms with Crippen molar-refractivity contribution in [1.29, 1.82) is 0 Å². The minimum atomic E-state index is -0.243. The lowest BCUT2D eigenvalue weighted by Gasteiger charge is -2.37. The number of benzene rings is 1. The van der Waals surface area contributed by atoms with Crippen LogP contribution in [-0.4, -0.2) is 67.8 Å². The molecular weight excluding hydrogens is 551 g/mol. The summed E-state index contributed by atoms with van der Waals surface area (Å²) >= 11 is 1.34. The molecule has 1 atom stereocenters. The lowest BCUT2D eigenvalue weighted by Crippen LogP contribution is -2.53. The van der Waals surface area contributed by atoms with Gasteiger partial charge in [-0.15, -0.1) is 0 Å². The summed E-state index contributed by atoms with van der Waals surface area (Å²) < 4.78 is 4.72. The van der Waals surface area contributed by atoms with E-state index in [4.69, 9.17) is 0 Å². The third kappa shape index (κ3) is 4.71. The summed E-state index contributed by atoms with van der Waals surface area (Å²) in [5, 5.41) is 2.03. The van der Waals surface area contributed by atoms with Crippen molar-refractivity contribution in [3.8, 4) is 11.1 Å². The summed E-state index contributed by atoms with van der Waals surface area (Å²) in [7, 11) is 1.74. The molecule has 0 saturated carbocycles. The summed E-state index contributed by atoms with van der Waals surface area (Å²) in [5.41, 5.74) is 2.84. The first-order chi connectivity index (χ1) is 16.0. The SMILES string of the molecule is Cn1cc(-c2ccc(N3CC(N4CCN(C(=O)C5=IC=CS5)CC4)CC3=O)cc2)ccc1=O. The van der Waals surface area contributed by atoms with Gasteiger partial charge in [-0.05, 0) is 38.8 Å². The molecule has 2 fully saturated rings. The van der Waals surface area contributed by atoms with Crippen LogP contribution in [0.25, 0.3) is 11.1 Å². The van der Waals surface area contributed by atoms with Gasteiger partial charge in [0, 0.05) is 70.2 Å². The van der Waals surface area contributed by atoms with E-state index in [1.807, 2.05) is 51.7 Å². The zero-order valence-corrected chi connectivity index (χ0v) is 21.3. The number of piperazine rings is 1. The summed E-state index contributed by atoms with van der Waals surface area (Å²) in [4.78, 5) is 43.3. The van der Waals surface area contributed by atoms with Gasteiger partial charge in [-0.3, -0.25) is 19.3 Å². The Morgan fingerprint density at radius 3 is 2.39 bits per heavy atom. The molecule has 3 aliphatic rings. The van der Waals surface area contributed by atoms with Gasteiger partial charge >= 0.3 is 0 Å². The monoisotopic (exact) mass is 576 g/mol. The lowest BCUT2D eigenvalue weighted by atomic mass is 10.1. The van der Waals surface area contributed by atoms with E-state index in [-0.39, 0.29) is 44.1 Å². The minimum Gasteiger partial charge on any atom is -0.335 e. The van der Waals surface area contributed by atoms with Gasteiger partial charge in [0.25, 0.3) is 5.91 Å². The van der Waals surface area contributed by atoms with Gasteiger partial charge in [-0.1, -0.05) is 44.6 Å². The van der Waals surface area contributed by atoms with E-state index in [9.17, 15) is 14.4 Å². The maximum atomic E-state index is 12.8. The second-order valence-corrected chi connectivity index (χ2v) is 12.4. The van der Waals surface area contributed by atoms with Crippen molar-refractivity contribution in [2.45, 2.75) is 12.5 Å². The van der Waals surface area contributed by atoms with E-state index in [0.717, 1.165) is 45.8 Å². The predicted octanol–water partition coefficient (Wildman–Crippen LogP) is 2.62. The molecule has 4 heterocycles. The Labute approximate surface area is 206 Å². The molecule has 0 N–H and O–H groups in total. The zero-order valence-electron chi connectivity index (χ0n) is 18.3. The molecule has 2 amide bonds. The fourth-order valence-corrected chi connectivity index (χ4v) is 8.03. The number of pyridine rings is 1. The molecule has 5 rings (SSSR count). The Morgan fingerprint density at radius 1 is 1.00 bits per heavy atom. The standard InChI is InChI=1S/C24H25IN4O3S/c1-26-15-18(4-7-21(26)30)17-2-5-19(6-3-17)29-16-20(14-22(29)31)27-9-11-28(12-10-27)24(32)23-25-8-13-33-23/h2-8,13,15,20H,9-12,14,16H2,1H3. The number of amides is 2. The van der Waals surface area contributed by atoms with Crippen LogP contribution in [-0.2, 0) is 16.6 Å². The molecule has 9 heteroatoms. The quantitative estimate of drug-likeness (QED) is 0.524. The molecule has 0 spiro atoms. The third-order valence-electron chi connectivity index (χ3n) is 6.37. The molecule has 2 saturated heterocycles. The van der Waals surface area contributed by atoms with Gasteiger partial charge in [0.05, 0.1) is 0 Å². The van der Waals surface area contributed by atoms with E-state index in [2.05, 4.69) is 8.98 Å². The Balaban J connectivity index is 1.20. The van der Waals surface area contributed by atoms with E-state index in [1.54, 1.807) is 29.4 Å². The normalized spacial score (nSPS) is 21.3. The van der Waals surface area contributed by atoms with Crippen molar-refractivity contribution >= 4 is 52.8 Å². The molecule has 0 bridgehead atoms. The first kappa shape index (κ1) is 22.5. The van der Waals surface area contributed by atoms with Crippen LogP contribution in [0.1, 0.15) is 6.42 Å². The molecule has 1 aromatic carbocycles. The summed E-state index contributed by atoms with van der Waals surface area (Å²) in [6, 6.07) is 11.5. The minimum absolute atomic E-state index is 0.0380. The van der Waals surface area contributed by atoms with Gasteiger partial charge < -0.3 is 14.4 Å². The molecule has 0 aliphatic carbocycles. The maximum Gasteiger partial charge on any atom is 0.266 e. The Kier molecular flexibility index (Phi) is 6.53. The topological polar surface area (TPSA) is 65.9 Å². The van der Waals surface area contributed by atoms with Crippen molar-refractivity contribution in [3.05, 3.63) is 62.4 Å². The number of aromatic nitrogens is 1. The molecule has 0 radical (unpaired) electrons. The molecular formula is C24H25IN4O3S. The highest BCUT2D eigenvalue weighted by Gasteiger charge is 2.36. The van der Waals surface area contributed by atoms with Crippen LogP contribution in [0.5, 0.6) is 0 Å².